The van der Waals surface area contributed by atoms with Gasteiger partial charge in [0.25, 0.3) is 0 Å². The Morgan fingerprint density at radius 2 is 1.88 bits per heavy atom. The van der Waals surface area contributed by atoms with Gasteiger partial charge in [-0.2, -0.15) is 12.7 Å². The van der Waals surface area contributed by atoms with E-state index < -0.39 is 16.0 Å². The number of nitrogens with two attached hydrogens (primary N) is 1. The molecule has 6 rings (SSSR count). The third-order valence-electron chi connectivity index (χ3n) is 8.15. The van der Waals surface area contributed by atoms with Crippen LogP contribution in [0.3, 0.4) is 0 Å². The maximum Gasteiger partial charge on any atom is 0.304 e. The van der Waals surface area contributed by atoms with Gasteiger partial charge in [-0.1, -0.05) is 11.6 Å². The van der Waals surface area contributed by atoms with Gasteiger partial charge in [-0.25, -0.2) is 4.39 Å². The van der Waals surface area contributed by atoms with Crippen molar-refractivity contribution in [2.75, 3.05) is 23.9 Å². The number of hydrogen-bond acceptors (Lipinski definition) is 4. The molecule has 8 nitrogen and oxygen atoms in total. The second kappa shape index (κ2) is 8.64. The van der Waals surface area contributed by atoms with Crippen LogP contribution in [0.1, 0.15) is 44.9 Å². The highest BCUT2D eigenvalue weighted by Crippen LogP contribution is 2.61. The van der Waals surface area contributed by atoms with Crippen LogP contribution >= 0.6 is 11.6 Å². The monoisotopic (exact) mass is 512 g/mol. The normalized spacial score (nSPS) is 34.2. The Balaban J connectivity index is 1.26. The first-order chi connectivity index (χ1) is 16.1. The van der Waals surface area contributed by atoms with Crippen LogP contribution in [0.5, 0.6) is 0 Å². The minimum atomic E-state index is -4.06. The number of anilines is 1. The molecule has 4 saturated carbocycles. The van der Waals surface area contributed by atoms with Gasteiger partial charge in [0.05, 0.1) is 12.2 Å². The van der Waals surface area contributed by atoms with Gasteiger partial charge in [0.2, 0.25) is 11.8 Å². The van der Waals surface area contributed by atoms with Crippen LogP contribution < -0.4 is 15.4 Å². The molecule has 1 aromatic rings. The summed E-state index contributed by atoms with van der Waals surface area (Å²) in [5.74, 6) is -0.196. The predicted molar refractivity (Wildman–Crippen MR) is 126 cm³/mol. The van der Waals surface area contributed by atoms with Gasteiger partial charge in [-0.05, 0) is 79.9 Å². The van der Waals surface area contributed by atoms with Crippen LogP contribution in [-0.4, -0.2) is 50.2 Å². The van der Waals surface area contributed by atoms with Crippen LogP contribution in [0, 0.1) is 29.0 Å². The van der Waals surface area contributed by atoms with Crippen molar-refractivity contribution in [2.45, 2.75) is 51.0 Å². The summed E-state index contributed by atoms with van der Waals surface area (Å²) in [6.45, 7) is 0.0255. The Morgan fingerprint density at radius 3 is 2.53 bits per heavy atom. The second-order valence-electron chi connectivity index (χ2n) is 10.6. The molecule has 1 aliphatic heterocycles. The molecule has 2 unspecified atom stereocenters. The Kier molecular flexibility index (Phi) is 6.05. The number of benzene rings is 1. The third-order valence-corrected chi connectivity index (χ3v) is 10.3. The number of carbonyl (C=O) groups is 2. The van der Waals surface area contributed by atoms with E-state index in [-0.39, 0.29) is 65.5 Å². The van der Waals surface area contributed by atoms with Crippen molar-refractivity contribution in [3.8, 4) is 0 Å². The lowest BCUT2D eigenvalue weighted by atomic mass is 9.47. The molecule has 2 atom stereocenters. The third kappa shape index (κ3) is 4.28. The average Bonchev–Trinajstić information content (AvgIpc) is 2.71. The van der Waals surface area contributed by atoms with E-state index in [9.17, 15) is 22.4 Å². The molecule has 5 fully saturated rings. The molecule has 5 aliphatic rings. The summed E-state index contributed by atoms with van der Waals surface area (Å²) in [5.41, 5.74) is 5.41. The van der Waals surface area contributed by atoms with E-state index in [1.807, 2.05) is 0 Å². The number of carbonyl (C=O) groups excluding carboxylic acids is 2. The molecule has 34 heavy (non-hydrogen) atoms. The van der Waals surface area contributed by atoms with Crippen molar-refractivity contribution in [2.24, 2.45) is 28.9 Å². The molecule has 0 radical (unpaired) electrons. The van der Waals surface area contributed by atoms with Gasteiger partial charge >= 0.3 is 10.2 Å². The smallest absolute Gasteiger partial charge is 0.304 e. The standard InChI is InChI=1S/C23H30ClFN4O4S/c24-17-2-3-19(18(25)8-17)29-5-1-4-28(34(29,32)33)13-21(31)27-22-15-6-14-7-16(22)11-23(9-14,10-15)12-20(26)30/h2-3,8,14-16,22H,1,4-7,9-13H2,(H2,26,30)(H,27,31). The van der Waals surface area contributed by atoms with Gasteiger partial charge in [-0.3, -0.25) is 13.9 Å². The largest absolute Gasteiger partial charge is 0.370 e. The number of rotatable bonds is 6. The summed E-state index contributed by atoms with van der Waals surface area (Å²) < 4.78 is 43.0. The van der Waals surface area contributed by atoms with Crippen LogP contribution in [0.2, 0.25) is 5.02 Å². The number of nitrogens with zero attached hydrogens (tertiary/aromatic N) is 2. The highest BCUT2D eigenvalue weighted by molar-refractivity contribution is 7.90. The molecule has 2 amide bonds. The van der Waals surface area contributed by atoms with Crippen LogP contribution in [0.4, 0.5) is 10.1 Å². The van der Waals surface area contributed by atoms with Crippen molar-refractivity contribution < 1.29 is 22.4 Å². The number of primary amides is 1. The summed E-state index contributed by atoms with van der Waals surface area (Å²) in [7, 11) is -4.06. The molecule has 4 aliphatic carbocycles. The van der Waals surface area contributed by atoms with Crippen molar-refractivity contribution in [3.63, 3.8) is 0 Å². The lowest BCUT2D eigenvalue weighted by molar-refractivity contribution is -0.134. The van der Waals surface area contributed by atoms with Gasteiger partial charge < -0.3 is 11.1 Å². The quantitative estimate of drug-likeness (QED) is 0.609. The zero-order valence-corrected chi connectivity index (χ0v) is 20.5. The van der Waals surface area contributed by atoms with E-state index in [1.54, 1.807) is 0 Å². The maximum atomic E-state index is 14.4. The predicted octanol–water partition coefficient (Wildman–Crippen LogP) is 2.42. The molecule has 186 valence electrons. The Bertz CT molecular complexity index is 1100. The summed E-state index contributed by atoms with van der Waals surface area (Å²) in [5, 5.41) is 3.30. The highest BCUT2D eigenvalue weighted by Gasteiger charge is 2.56. The SMILES string of the molecule is NC(=O)CC12CC3CC(C1)C(NC(=O)CN1CCCN(c4ccc(Cl)cc4F)S1(=O)=O)C(C3)C2. The number of amides is 2. The van der Waals surface area contributed by atoms with Crippen molar-refractivity contribution in [1.29, 1.82) is 0 Å². The Labute approximate surface area is 204 Å². The molecule has 3 N–H and O–H groups in total. The fraction of sp³-hybridized carbons (Fsp3) is 0.652. The molecule has 0 aromatic heterocycles. The molecule has 11 heteroatoms. The molecule has 1 saturated heterocycles. The molecule has 1 aromatic carbocycles. The van der Waals surface area contributed by atoms with Crippen LogP contribution in [0.25, 0.3) is 0 Å². The highest BCUT2D eigenvalue weighted by atomic mass is 35.5. The first kappa shape index (κ1) is 23.8. The van der Waals surface area contributed by atoms with Crippen molar-refractivity contribution in [1.82, 2.24) is 9.62 Å². The zero-order chi connectivity index (χ0) is 24.3. The molecule has 1 heterocycles. The number of nitrogens with one attached hydrogen (secondary N) is 1. The lowest BCUT2D eigenvalue weighted by Gasteiger charge is -2.60. The summed E-state index contributed by atoms with van der Waals surface area (Å²) in [4.78, 5) is 24.7. The maximum absolute atomic E-state index is 14.4. The molecular weight excluding hydrogens is 483 g/mol. The van der Waals surface area contributed by atoms with Crippen LogP contribution in [0.15, 0.2) is 18.2 Å². The average molecular weight is 513 g/mol. The number of hydrogen-bond donors (Lipinski definition) is 2. The van der Waals surface area contributed by atoms with E-state index >= 15 is 0 Å². The molecule has 4 bridgehead atoms. The number of halogens is 2. The van der Waals surface area contributed by atoms with E-state index in [1.165, 1.54) is 12.1 Å². The topological polar surface area (TPSA) is 113 Å². The molecule has 0 spiro atoms. The van der Waals surface area contributed by atoms with Gasteiger partial charge in [0.1, 0.15) is 5.82 Å². The van der Waals surface area contributed by atoms with Crippen molar-refractivity contribution >= 4 is 39.3 Å². The Hall–Kier alpha value is -1.91. The first-order valence-electron chi connectivity index (χ1n) is 11.9. The molecular formula is C23H30ClFN4O4S. The van der Waals surface area contributed by atoms with Gasteiger partial charge in [-0.15, -0.1) is 0 Å². The van der Waals surface area contributed by atoms with E-state index in [0.717, 1.165) is 46.8 Å². The van der Waals surface area contributed by atoms with Crippen molar-refractivity contribution in [3.05, 3.63) is 29.0 Å². The second-order valence-corrected chi connectivity index (χ2v) is 12.9. The van der Waals surface area contributed by atoms with E-state index in [2.05, 4.69) is 5.32 Å². The minimum Gasteiger partial charge on any atom is -0.370 e. The minimum absolute atomic E-state index is 0.0117. The summed E-state index contributed by atoms with van der Waals surface area (Å²) in [6, 6.07) is 3.85. The van der Waals surface area contributed by atoms with Gasteiger partial charge in [0, 0.05) is 30.6 Å². The summed E-state index contributed by atoms with van der Waals surface area (Å²) >= 11 is 5.81. The van der Waals surface area contributed by atoms with Gasteiger partial charge in [0.15, 0.2) is 0 Å². The van der Waals surface area contributed by atoms with E-state index in [4.69, 9.17) is 17.3 Å². The Morgan fingerprint density at radius 1 is 1.18 bits per heavy atom. The lowest BCUT2D eigenvalue weighted by Crippen LogP contribution is -2.61. The fourth-order valence-electron chi connectivity index (χ4n) is 7.26. The van der Waals surface area contributed by atoms with E-state index in [0.29, 0.717) is 18.8 Å². The van der Waals surface area contributed by atoms with Crippen LogP contribution in [-0.2, 0) is 19.8 Å². The fourth-order valence-corrected chi connectivity index (χ4v) is 9.09. The first-order valence-corrected chi connectivity index (χ1v) is 13.6. The summed E-state index contributed by atoms with van der Waals surface area (Å²) in [6.07, 6.45) is 5.70. The zero-order valence-electron chi connectivity index (χ0n) is 18.9.